The van der Waals surface area contributed by atoms with Crippen LogP contribution in [0.5, 0.6) is 0 Å². The minimum Gasteiger partial charge on any atom is -0.481 e. The van der Waals surface area contributed by atoms with E-state index in [0.29, 0.717) is 0 Å². The maximum absolute atomic E-state index is 11.8. The van der Waals surface area contributed by atoms with E-state index in [2.05, 4.69) is 5.32 Å². The second-order valence-electron chi connectivity index (χ2n) is 4.92. The SMILES string of the molecule is CC(C)C(CNC(=O)N1CCCCC1)C(=O)O. The van der Waals surface area contributed by atoms with Gasteiger partial charge in [-0.3, -0.25) is 4.79 Å². The number of amides is 2. The third kappa shape index (κ3) is 4.24. The van der Waals surface area contributed by atoms with Gasteiger partial charge in [0.1, 0.15) is 0 Å². The van der Waals surface area contributed by atoms with Crippen LogP contribution >= 0.6 is 0 Å². The molecule has 2 N–H and O–H groups in total. The van der Waals surface area contributed by atoms with Crippen LogP contribution in [0.1, 0.15) is 33.1 Å². The second kappa shape index (κ2) is 6.47. The van der Waals surface area contributed by atoms with E-state index in [1.807, 2.05) is 13.8 Å². The number of rotatable bonds is 4. The van der Waals surface area contributed by atoms with Crippen molar-refractivity contribution in [3.63, 3.8) is 0 Å². The van der Waals surface area contributed by atoms with Crippen LogP contribution in [-0.4, -0.2) is 41.6 Å². The number of nitrogens with one attached hydrogen (secondary N) is 1. The molecule has 1 aliphatic heterocycles. The van der Waals surface area contributed by atoms with Gasteiger partial charge in [0.25, 0.3) is 0 Å². The summed E-state index contributed by atoms with van der Waals surface area (Å²) in [7, 11) is 0. The van der Waals surface area contributed by atoms with Gasteiger partial charge in [0, 0.05) is 19.6 Å². The number of carbonyl (C=O) groups excluding carboxylic acids is 1. The fraction of sp³-hybridized carbons (Fsp3) is 0.833. The lowest BCUT2D eigenvalue weighted by Gasteiger charge is -2.27. The van der Waals surface area contributed by atoms with Crippen molar-refractivity contribution in [1.82, 2.24) is 10.2 Å². The van der Waals surface area contributed by atoms with E-state index in [1.54, 1.807) is 4.90 Å². The minimum absolute atomic E-state index is 0.0224. The maximum Gasteiger partial charge on any atom is 0.317 e. The summed E-state index contributed by atoms with van der Waals surface area (Å²) in [5, 5.41) is 11.7. The van der Waals surface area contributed by atoms with Crippen LogP contribution < -0.4 is 5.32 Å². The van der Waals surface area contributed by atoms with Crippen molar-refractivity contribution in [2.24, 2.45) is 11.8 Å². The molecule has 0 saturated carbocycles. The molecule has 17 heavy (non-hydrogen) atoms. The lowest BCUT2D eigenvalue weighted by Crippen LogP contribution is -2.45. The summed E-state index contributed by atoms with van der Waals surface area (Å²) in [6, 6.07) is -0.128. The van der Waals surface area contributed by atoms with Crippen LogP contribution in [0, 0.1) is 11.8 Å². The number of nitrogens with zero attached hydrogens (tertiary/aromatic N) is 1. The number of aliphatic carboxylic acids is 1. The van der Waals surface area contributed by atoms with Crippen LogP contribution in [0.25, 0.3) is 0 Å². The first-order valence-corrected chi connectivity index (χ1v) is 6.28. The molecule has 1 atom stereocenters. The lowest BCUT2D eigenvalue weighted by molar-refractivity contribution is -0.142. The maximum atomic E-state index is 11.8. The zero-order valence-corrected chi connectivity index (χ0v) is 10.6. The van der Waals surface area contributed by atoms with Crippen LogP contribution in [-0.2, 0) is 4.79 Å². The van der Waals surface area contributed by atoms with Crippen molar-refractivity contribution in [2.45, 2.75) is 33.1 Å². The standard InChI is InChI=1S/C12H22N2O3/c1-9(2)10(11(15)16)8-13-12(17)14-6-4-3-5-7-14/h9-10H,3-8H2,1-2H3,(H,13,17)(H,15,16). The molecule has 1 unspecified atom stereocenters. The van der Waals surface area contributed by atoms with Crippen LogP contribution in [0.15, 0.2) is 0 Å². The number of hydrogen-bond donors (Lipinski definition) is 2. The summed E-state index contributed by atoms with van der Waals surface area (Å²) < 4.78 is 0. The molecule has 5 heteroatoms. The summed E-state index contributed by atoms with van der Waals surface area (Å²) in [4.78, 5) is 24.5. The molecule has 2 amide bonds. The van der Waals surface area contributed by atoms with Crippen molar-refractivity contribution in [1.29, 1.82) is 0 Å². The van der Waals surface area contributed by atoms with Crippen molar-refractivity contribution in [3.05, 3.63) is 0 Å². The molecule has 0 radical (unpaired) electrons. The van der Waals surface area contributed by atoms with Gasteiger partial charge >= 0.3 is 12.0 Å². The number of hydrogen-bond acceptors (Lipinski definition) is 2. The van der Waals surface area contributed by atoms with Crippen LogP contribution in [0.2, 0.25) is 0 Å². The monoisotopic (exact) mass is 242 g/mol. The molecule has 0 aromatic heterocycles. The van der Waals surface area contributed by atoms with Crippen molar-refractivity contribution < 1.29 is 14.7 Å². The van der Waals surface area contributed by atoms with Crippen molar-refractivity contribution >= 4 is 12.0 Å². The molecule has 1 fully saturated rings. The summed E-state index contributed by atoms with van der Waals surface area (Å²) in [5.41, 5.74) is 0. The first-order valence-electron chi connectivity index (χ1n) is 6.28. The van der Waals surface area contributed by atoms with Crippen molar-refractivity contribution in [3.8, 4) is 0 Å². The van der Waals surface area contributed by atoms with E-state index in [9.17, 15) is 9.59 Å². The predicted octanol–water partition coefficient (Wildman–Crippen LogP) is 1.54. The zero-order valence-electron chi connectivity index (χ0n) is 10.6. The van der Waals surface area contributed by atoms with Gasteiger partial charge in [0.2, 0.25) is 0 Å². The highest BCUT2D eigenvalue weighted by molar-refractivity contribution is 5.76. The molecular formula is C12H22N2O3. The van der Waals surface area contributed by atoms with Gasteiger partial charge in [0.05, 0.1) is 5.92 Å². The largest absolute Gasteiger partial charge is 0.481 e. The molecule has 1 saturated heterocycles. The quantitative estimate of drug-likeness (QED) is 0.785. The summed E-state index contributed by atoms with van der Waals surface area (Å²) >= 11 is 0. The molecule has 5 nitrogen and oxygen atoms in total. The Kier molecular flexibility index (Phi) is 5.25. The number of carboxylic acids is 1. The molecule has 0 aliphatic carbocycles. The molecule has 0 bridgehead atoms. The van der Waals surface area contributed by atoms with Gasteiger partial charge in [-0.25, -0.2) is 4.79 Å². The van der Waals surface area contributed by atoms with E-state index in [0.717, 1.165) is 25.9 Å². The molecule has 1 heterocycles. The highest BCUT2D eigenvalue weighted by Gasteiger charge is 2.23. The topological polar surface area (TPSA) is 69.6 Å². The lowest BCUT2D eigenvalue weighted by atomic mass is 9.96. The fourth-order valence-corrected chi connectivity index (χ4v) is 2.01. The fourth-order valence-electron chi connectivity index (χ4n) is 2.01. The molecule has 0 aromatic rings. The van der Waals surface area contributed by atoms with E-state index in [4.69, 9.17) is 5.11 Å². The summed E-state index contributed by atoms with van der Waals surface area (Å²) in [6.07, 6.45) is 3.26. The molecule has 0 aromatic carbocycles. The third-order valence-corrected chi connectivity index (χ3v) is 3.24. The first-order chi connectivity index (χ1) is 8.02. The van der Waals surface area contributed by atoms with Gasteiger partial charge < -0.3 is 15.3 Å². The normalized spacial score (nSPS) is 17.9. The number of urea groups is 1. The van der Waals surface area contributed by atoms with Gasteiger partial charge in [0.15, 0.2) is 0 Å². The molecule has 0 spiro atoms. The number of likely N-dealkylation sites (tertiary alicyclic amines) is 1. The Hall–Kier alpha value is -1.26. The number of piperidine rings is 1. The summed E-state index contributed by atoms with van der Waals surface area (Å²) in [6.45, 7) is 5.48. The highest BCUT2D eigenvalue weighted by atomic mass is 16.4. The Bertz CT molecular complexity index is 273. The Morgan fingerprint density at radius 1 is 1.24 bits per heavy atom. The van der Waals surface area contributed by atoms with Gasteiger partial charge in [-0.15, -0.1) is 0 Å². The Morgan fingerprint density at radius 3 is 2.29 bits per heavy atom. The number of carboxylic acid groups (broad SMARTS) is 1. The van der Waals surface area contributed by atoms with Crippen LogP contribution in [0.4, 0.5) is 4.79 Å². The highest BCUT2D eigenvalue weighted by Crippen LogP contribution is 2.11. The van der Waals surface area contributed by atoms with E-state index < -0.39 is 11.9 Å². The van der Waals surface area contributed by atoms with Gasteiger partial charge in [-0.2, -0.15) is 0 Å². The average molecular weight is 242 g/mol. The Labute approximate surface area is 102 Å². The molecule has 1 aliphatic rings. The third-order valence-electron chi connectivity index (χ3n) is 3.24. The first kappa shape index (κ1) is 13.8. The Balaban J connectivity index is 2.37. The van der Waals surface area contributed by atoms with E-state index in [1.165, 1.54) is 6.42 Å². The second-order valence-corrected chi connectivity index (χ2v) is 4.92. The van der Waals surface area contributed by atoms with Crippen molar-refractivity contribution in [2.75, 3.05) is 19.6 Å². The zero-order chi connectivity index (χ0) is 12.8. The number of carbonyl (C=O) groups is 2. The van der Waals surface area contributed by atoms with Crippen LogP contribution in [0.3, 0.4) is 0 Å². The predicted molar refractivity (Wildman–Crippen MR) is 64.8 cm³/mol. The molecular weight excluding hydrogens is 220 g/mol. The molecule has 98 valence electrons. The van der Waals surface area contributed by atoms with E-state index in [-0.39, 0.29) is 18.5 Å². The molecule has 1 rings (SSSR count). The van der Waals surface area contributed by atoms with E-state index >= 15 is 0 Å². The summed E-state index contributed by atoms with van der Waals surface area (Å²) in [5.74, 6) is -1.34. The minimum atomic E-state index is -0.848. The van der Waals surface area contributed by atoms with Gasteiger partial charge in [-0.1, -0.05) is 13.8 Å². The van der Waals surface area contributed by atoms with Gasteiger partial charge in [-0.05, 0) is 25.2 Å². The smallest absolute Gasteiger partial charge is 0.317 e. The average Bonchev–Trinajstić information content (AvgIpc) is 2.29. The Morgan fingerprint density at radius 2 is 1.82 bits per heavy atom.